The lowest BCUT2D eigenvalue weighted by Gasteiger charge is -2.26. The van der Waals surface area contributed by atoms with E-state index < -0.39 is 23.9 Å². The van der Waals surface area contributed by atoms with E-state index in [4.69, 9.17) is 20.4 Å². The predicted molar refractivity (Wildman–Crippen MR) is 83.7 cm³/mol. The van der Waals surface area contributed by atoms with Crippen LogP contribution < -0.4 is 0 Å². The summed E-state index contributed by atoms with van der Waals surface area (Å²) in [5.41, 5.74) is 0. The Hall–Kier alpha value is -2.12. The second-order valence-corrected chi connectivity index (χ2v) is 5.96. The largest absolute Gasteiger partial charge is 0.481 e. The molecule has 2 atom stereocenters. The lowest BCUT2D eigenvalue weighted by atomic mass is 9.79. The third-order valence-corrected chi connectivity index (χ3v) is 4.06. The highest BCUT2D eigenvalue weighted by atomic mass is 16.4. The molecule has 8 nitrogen and oxygen atoms in total. The zero-order chi connectivity index (χ0) is 18.5. The topological polar surface area (TPSA) is 149 Å². The van der Waals surface area contributed by atoms with E-state index in [2.05, 4.69) is 0 Å². The summed E-state index contributed by atoms with van der Waals surface area (Å²) in [7, 11) is 0. The van der Waals surface area contributed by atoms with Gasteiger partial charge < -0.3 is 20.4 Å². The first kappa shape index (κ1) is 21.9. The van der Waals surface area contributed by atoms with Crippen molar-refractivity contribution in [1.82, 2.24) is 0 Å². The van der Waals surface area contributed by atoms with Gasteiger partial charge in [0.25, 0.3) is 0 Å². The highest BCUT2D eigenvalue weighted by Crippen LogP contribution is 2.31. The van der Waals surface area contributed by atoms with E-state index in [0.717, 1.165) is 0 Å². The molecule has 0 radical (unpaired) electrons. The summed E-state index contributed by atoms with van der Waals surface area (Å²) in [5.74, 6) is -4.01. The summed E-state index contributed by atoms with van der Waals surface area (Å²) in [6, 6.07) is 0. The molecule has 0 amide bonds. The average Bonchev–Trinajstić information content (AvgIpc) is 2.45. The van der Waals surface area contributed by atoms with Crippen LogP contribution in [-0.2, 0) is 19.2 Å². The molecule has 0 aliphatic heterocycles. The molecule has 0 heterocycles. The molecule has 4 N–H and O–H groups in total. The van der Waals surface area contributed by atoms with Gasteiger partial charge in [-0.15, -0.1) is 0 Å². The maximum absolute atomic E-state index is 10.8. The first-order valence-electron chi connectivity index (χ1n) is 8.09. The molecule has 0 aromatic rings. The van der Waals surface area contributed by atoms with E-state index in [0.29, 0.717) is 38.5 Å². The minimum absolute atomic E-state index is 0.0235. The molecule has 0 fully saturated rings. The van der Waals surface area contributed by atoms with Crippen LogP contribution in [0.3, 0.4) is 0 Å². The van der Waals surface area contributed by atoms with Crippen molar-refractivity contribution in [2.24, 2.45) is 11.8 Å². The van der Waals surface area contributed by atoms with E-state index >= 15 is 0 Å². The molecule has 0 aliphatic rings. The third-order valence-electron chi connectivity index (χ3n) is 4.06. The van der Waals surface area contributed by atoms with Crippen LogP contribution in [0.5, 0.6) is 0 Å². The van der Waals surface area contributed by atoms with Gasteiger partial charge in [0.05, 0.1) is 0 Å². The monoisotopic (exact) mass is 346 g/mol. The average molecular weight is 346 g/mol. The summed E-state index contributed by atoms with van der Waals surface area (Å²) in [5, 5.41) is 35.2. The smallest absolute Gasteiger partial charge is 0.303 e. The lowest BCUT2D eigenvalue weighted by molar-refractivity contribution is -0.139. The van der Waals surface area contributed by atoms with Crippen molar-refractivity contribution in [3.63, 3.8) is 0 Å². The van der Waals surface area contributed by atoms with Gasteiger partial charge in [-0.05, 0) is 50.4 Å². The molecule has 0 aliphatic carbocycles. The van der Waals surface area contributed by atoms with Crippen LogP contribution in [0.15, 0.2) is 0 Å². The van der Waals surface area contributed by atoms with Gasteiger partial charge in [0.2, 0.25) is 0 Å². The Morgan fingerprint density at radius 3 is 1.04 bits per heavy atom. The van der Waals surface area contributed by atoms with Crippen LogP contribution in [0.4, 0.5) is 0 Å². The molecule has 0 aromatic carbocycles. The van der Waals surface area contributed by atoms with Crippen molar-refractivity contribution in [2.45, 2.75) is 64.2 Å². The summed E-state index contributed by atoms with van der Waals surface area (Å²) in [6.45, 7) is 0. The quantitative estimate of drug-likeness (QED) is 0.353. The maximum Gasteiger partial charge on any atom is 0.303 e. The number of carboxylic acid groups (broad SMARTS) is 4. The summed E-state index contributed by atoms with van der Waals surface area (Å²) < 4.78 is 0. The second kappa shape index (κ2) is 12.3. The molecule has 0 spiro atoms. The van der Waals surface area contributed by atoms with Crippen molar-refractivity contribution in [1.29, 1.82) is 0 Å². The highest BCUT2D eigenvalue weighted by molar-refractivity contribution is 5.67. The van der Waals surface area contributed by atoms with Gasteiger partial charge in [-0.3, -0.25) is 19.2 Å². The van der Waals surface area contributed by atoms with Crippen molar-refractivity contribution in [3.05, 3.63) is 0 Å². The fourth-order valence-corrected chi connectivity index (χ4v) is 2.88. The van der Waals surface area contributed by atoms with Crippen LogP contribution in [0.2, 0.25) is 0 Å². The fourth-order valence-electron chi connectivity index (χ4n) is 2.88. The summed E-state index contributed by atoms with van der Waals surface area (Å²) >= 11 is 0. The molecule has 138 valence electrons. The normalized spacial score (nSPS) is 13.2. The number of rotatable bonds is 15. The minimum Gasteiger partial charge on any atom is -0.481 e. The molecular weight excluding hydrogens is 320 g/mol. The minimum atomic E-state index is -0.958. The van der Waals surface area contributed by atoms with Crippen LogP contribution in [0.1, 0.15) is 64.2 Å². The number of carboxylic acids is 4. The van der Waals surface area contributed by atoms with Gasteiger partial charge in [-0.1, -0.05) is 0 Å². The van der Waals surface area contributed by atoms with Crippen molar-refractivity contribution in [2.75, 3.05) is 0 Å². The van der Waals surface area contributed by atoms with Crippen LogP contribution >= 0.6 is 0 Å². The van der Waals surface area contributed by atoms with E-state index in [1.807, 2.05) is 0 Å². The van der Waals surface area contributed by atoms with Gasteiger partial charge >= 0.3 is 23.9 Å². The number of aliphatic carboxylic acids is 4. The van der Waals surface area contributed by atoms with Crippen molar-refractivity contribution in [3.8, 4) is 0 Å². The van der Waals surface area contributed by atoms with Gasteiger partial charge in [-0.25, -0.2) is 0 Å². The van der Waals surface area contributed by atoms with Crippen LogP contribution in [0, 0.1) is 11.8 Å². The van der Waals surface area contributed by atoms with Gasteiger partial charge in [0.15, 0.2) is 0 Å². The predicted octanol–water partition coefficient (Wildman–Crippen LogP) is 2.46. The van der Waals surface area contributed by atoms with E-state index in [9.17, 15) is 19.2 Å². The summed E-state index contributed by atoms with van der Waals surface area (Å²) in [4.78, 5) is 42.9. The second-order valence-electron chi connectivity index (χ2n) is 5.96. The Balaban J connectivity index is 4.80. The Labute approximate surface area is 140 Å². The van der Waals surface area contributed by atoms with Gasteiger partial charge in [0, 0.05) is 25.7 Å². The molecular formula is C16H26O8. The molecule has 8 heteroatoms. The van der Waals surface area contributed by atoms with Crippen LogP contribution in [-0.4, -0.2) is 44.3 Å². The molecule has 24 heavy (non-hydrogen) atoms. The maximum atomic E-state index is 10.8. The molecule has 0 aromatic heterocycles. The third kappa shape index (κ3) is 12.4. The molecule has 0 saturated carbocycles. The summed E-state index contributed by atoms with van der Waals surface area (Å²) in [6.07, 6.45) is 2.27. The fraction of sp³-hybridized carbons (Fsp3) is 0.750. The first-order chi connectivity index (χ1) is 11.2. The Morgan fingerprint density at radius 1 is 0.500 bits per heavy atom. The standard InChI is InChI=1S/C16H26O8/c17-13(18)5-1-3-11(7-9-15(21)22)12(8-10-16(23)24)4-2-6-14(19)20/h11-12H,1-10H2,(H,17,18)(H,19,20)(H,21,22)(H,23,24). The highest BCUT2D eigenvalue weighted by Gasteiger charge is 2.23. The number of carbonyl (C=O) groups is 4. The molecule has 0 rings (SSSR count). The first-order valence-corrected chi connectivity index (χ1v) is 8.09. The SMILES string of the molecule is O=C(O)CCCC(CCC(=O)O)C(CCCC(=O)O)CCC(=O)O. The Kier molecular flexibility index (Phi) is 11.2. The molecule has 0 saturated heterocycles. The lowest BCUT2D eigenvalue weighted by Crippen LogP contribution is -2.19. The number of hydrogen-bond acceptors (Lipinski definition) is 4. The van der Waals surface area contributed by atoms with Gasteiger partial charge in [-0.2, -0.15) is 0 Å². The molecule has 0 bridgehead atoms. The van der Waals surface area contributed by atoms with E-state index in [1.165, 1.54) is 0 Å². The van der Waals surface area contributed by atoms with Crippen LogP contribution in [0.25, 0.3) is 0 Å². The number of hydrogen-bond donors (Lipinski definition) is 4. The Bertz CT molecular complexity index is 392. The van der Waals surface area contributed by atoms with E-state index in [1.54, 1.807) is 0 Å². The van der Waals surface area contributed by atoms with Crippen molar-refractivity contribution < 1.29 is 39.6 Å². The van der Waals surface area contributed by atoms with Gasteiger partial charge in [0.1, 0.15) is 0 Å². The zero-order valence-electron chi connectivity index (χ0n) is 13.6. The Morgan fingerprint density at radius 2 is 0.792 bits per heavy atom. The zero-order valence-corrected chi connectivity index (χ0v) is 13.6. The van der Waals surface area contributed by atoms with Crippen molar-refractivity contribution >= 4 is 23.9 Å². The molecule has 2 unspecified atom stereocenters. The van der Waals surface area contributed by atoms with E-state index in [-0.39, 0.29) is 37.5 Å².